The summed E-state index contributed by atoms with van der Waals surface area (Å²) in [5, 5.41) is 5.98. The molecule has 0 saturated heterocycles. The first-order valence-corrected chi connectivity index (χ1v) is 9.67. The molecular weight excluding hydrogens is 334 g/mol. The van der Waals surface area contributed by atoms with Crippen molar-refractivity contribution in [3.63, 3.8) is 0 Å². The predicted octanol–water partition coefficient (Wildman–Crippen LogP) is 6.24. The molecule has 0 heterocycles. The summed E-state index contributed by atoms with van der Waals surface area (Å²) >= 11 is 0. The molecule has 27 heavy (non-hydrogen) atoms. The molecule has 0 spiro atoms. The highest BCUT2D eigenvalue weighted by Gasteiger charge is 2.08. The molecule has 3 aromatic carbocycles. The van der Waals surface area contributed by atoms with E-state index in [4.69, 9.17) is 9.47 Å². The Kier molecular flexibility index (Phi) is 6.23. The summed E-state index contributed by atoms with van der Waals surface area (Å²) in [6.45, 7) is 7.34. The van der Waals surface area contributed by atoms with Gasteiger partial charge in [0.2, 0.25) is 0 Å². The van der Waals surface area contributed by atoms with Crippen molar-refractivity contribution in [3.05, 3.63) is 66.2 Å². The fraction of sp³-hybridized carbons (Fsp3) is 0.333. The highest BCUT2D eigenvalue weighted by Crippen LogP contribution is 2.26. The van der Waals surface area contributed by atoms with Crippen LogP contribution >= 0.6 is 0 Å². The number of fused-ring (bicyclic) bond motifs is 1. The van der Waals surface area contributed by atoms with E-state index in [0.29, 0.717) is 5.92 Å². The fourth-order valence-corrected chi connectivity index (χ4v) is 3.06. The number of nitrogens with one attached hydrogen (secondary N) is 1. The Balaban J connectivity index is 1.66. The van der Waals surface area contributed by atoms with Crippen molar-refractivity contribution in [2.24, 2.45) is 0 Å². The first-order chi connectivity index (χ1) is 13.1. The van der Waals surface area contributed by atoms with Crippen LogP contribution in [0.4, 0.5) is 5.69 Å². The minimum Gasteiger partial charge on any atom is -0.497 e. The third-order valence-electron chi connectivity index (χ3n) is 5.00. The molecular formula is C24H29NO2. The van der Waals surface area contributed by atoms with Gasteiger partial charge in [-0.3, -0.25) is 0 Å². The Bertz CT molecular complexity index is 890. The minimum atomic E-state index is 0.232. The van der Waals surface area contributed by atoms with Gasteiger partial charge in [0.25, 0.3) is 0 Å². The number of hydrogen-bond acceptors (Lipinski definition) is 3. The Morgan fingerprint density at radius 2 is 1.67 bits per heavy atom. The lowest BCUT2D eigenvalue weighted by atomic mass is 9.97. The SMILES string of the molecule is CCC(C)Oc1cccc(NCC(C)c2ccc3cc(OC)ccc3c2)c1. The van der Waals surface area contributed by atoms with Crippen molar-refractivity contribution >= 4 is 16.5 Å². The summed E-state index contributed by atoms with van der Waals surface area (Å²) in [5.74, 6) is 2.21. The van der Waals surface area contributed by atoms with Crippen LogP contribution in [-0.2, 0) is 0 Å². The lowest BCUT2D eigenvalue weighted by Crippen LogP contribution is -2.11. The first-order valence-electron chi connectivity index (χ1n) is 9.67. The molecule has 0 aromatic heterocycles. The number of benzene rings is 3. The fourth-order valence-electron chi connectivity index (χ4n) is 3.06. The van der Waals surface area contributed by atoms with Crippen LogP contribution in [0.25, 0.3) is 10.8 Å². The maximum atomic E-state index is 5.91. The van der Waals surface area contributed by atoms with Crippen LogP contribution in [0, 0.1) is 0 Å². The van der Waals surface area contributed by atoms with Gasteiger partial charge >= 0.3 is 0 Å². The average molecular weight is 364 g/mol. The summed E-state index contributed by atoms with van der Waals surface area (Å²) in [6, 6.07) is 21.1. The summed E-state index contributed by atoms with van der Waals surface area (Å²) in [7, 11) is 1.70. The standard InChI is InChI=1S/C24H29NO2/c1-5-18(3)27-24-8-6-7-22(15-24)25-16-17(2)19-9-10-21-14-23(26-4)12-11-20(21)13-19/h6-15,17-18,25H,5,16H2,1-4H3. The number of ether oxygens (including phenoxy) is 2. The molecule has 2 unspecified atom stereocenters. The molecule has 0 radical (unpaired) electrons. The number of methoxy groups -OCH3 is 1. The molecule has 3 rings (SSSR count). The van der Waals surface area contributed by atoms with Crippen LogP contribution in [-0.4, -0.2) is 19.8 Å². The second-order valence-electron chi connectivity index (χ2n) is 7.12. The van der Waals surface area contributed by atoms with Crippen molar-refractivity contribution in [2.45, 2.75) is 39.2 Å². The van der Waals surface area contributed by atoms with E-state index in [-0.39, 0.29) is 6.10 Å². The third-order valence-corrected chi connectivity index (χ3v) is 5.00. The summed E-state index contributed by atoms with van der Waals surface area (Å²) in [4.78, 5) is 0. The summed E-state index contributed by atoms with van der Waals surface area (Å²) in [6.07, 6.45) is 1.23. The van der Waals surface area contributed by atoms with Gasteiger partial charge in [-0.15, -0.1) is 0 Å². The van der Waals surface area contributed by atoms with Crippen LogP contribution in [0.1, 0.15) is 38.7 Å². The van der Waals surface area contributed by atoms with Gasteiger partial charge < -0.3 is 14.8 Å². The molecule has 3 aromatic rings. The number of rotatable bonds is 8. The first kappa shape index (κ1) is 19.1. The molecule has 142 valence electrons. The Morgan fingerprint density at radius 1 is 0.889 bits per heavy atom. The molecule has 0 fully saturated rings. The molecule has 0 amide bonds. The van der Waals surface area contributed by atoms with E-state index in [1.54, 1.807) is 7.11 Å². The summed E-state index contributed by atoms with van der Waals surface area (Å²) in [5.41, 5.74) is 2.42. The van der Waals surface area contributed by atoms with Crippen molar-refractivity contribution in [3.8, 4) is 11.5 Å². The van der Waals surface area contributed by atoms with E-state index in [1.165, 1.54) is 16.3 Å². The zero-order valence-corrected chi connectivity index (χ0v) is 16.7. The van der Waals surface area contributed by atoms with Crippen LogP contribution in [0.5, 0.6) is 11.5 Å². The van der Waals surface area contributed by atoms with Crippen LogP contribution < -0.4 is 14.8 Å². The smallest absolute Gasteiger partial charge is 0.121 e. The monoisotopic (exact) mass is 363 g/mol. The quantitative estimate of drug-likeness (QED) is 0.514. The van der Waals surface area contributed by atoms with Gasteiger partial charge in [0.05, 0.1) is 13.2 Å². The molecule has 0 aliphatic rings. The summed E-state index contributed by atoms with van der Waals surface area (Å²) < 4.78 is 11.2. The van der Waals surface area contributed by atoms with Crippen molar-refractivity contribution in [1.82, 2.24) is 0 Å². The van der Waals surface area contributed by atoms with E-state index >= 15 is 0 Å². The third kappa shape index (κ3) is 4.94. The zero-order valence-electron chi connectivity index (χ0n) is 16.7. The van der Waals surface area contributed by atoms with Crippen LogP contribution in [0.3, 0.4) is 0 Å². The van der Waals surface area contributed by atoms with E-state index in [1.807, 2.05) is 18.2 Å². The van der Waals surface area contributed by atoms with Crippen molar-refractivity contribution in [1.29, 1.82) is 0 Å². The van der Waals surface area contributed by atoms with E-state index in [0.717, 1.165) is 30.2 Å². The van der Waals surface area contributed by atoms with Gasteiger partial charge in [0.1, 0.15) is 11.5 Å². The highest BCUT2D eigenvalue weighted by molar-refractivity contribution is 5.84. The molecule has 3 heteroatoms. The minimum absolute atomic E-state index is 0.232. The lowest BCUT2D eigenvalue weighted by molar-refractivity contribution is 0.217. The van der Waals surface area contributed by atoms with E-state index in [2.05, 4.69) is 68.6 Å². The van der Waals surface area contributed by atoms with E-state index in [9.17, 15) is 0 Å². The second-order valence-corrected chi connectivity index (χ2v) is 7.12. The zero-order chi connectivity index (χ0) is 19.2. The molecule has 0 saturated carbocycles. The van der Waals surface area contributed by atoms with Gasteiger partial charge in [0.15, 0.2) is 0 Å². The topological polar surface area (TPSA) is 30.5 Å². The van der Waals surface area contributed by atoms with Crippen LogP contribution in [0.2, 0.25) is 0 Å². The van der Waals surface area contributed by atoms with Crippen molar-refractivity contribution < 1.29 is 9.47 Å². The maximum Gasteiger partial charge on any atom is 0.121 e. The molecule has 3 nitrogen and oxygen atoms in total. The largest absolute Gasteiger partial charge is 0.497 e. The Morgan fingerprint density at radius 3 is 2.44 bits per heavy atom. The van der Waals surface area contributed by atoms with Crippen molar-refractivity contribution in [2.75, 3.05) is 19.0 Å². The van der Waals surface area contributed by atoms with Gasteiger partial charge in [-0.2, -0.15) is 0 Å². The predicted molar refractivity (Wildman–Crippen MR) is 114 cm³/mol. The molecule has 0 bridgehead atoms. The lowest BCUT2D eigenvalue weighted by Gasteiger charge is -2.17. The normalized spacial score (nSPS) is 13.2. The van der Waals surface area contributed by atoms with Crippen LogP contribution in [0.15, 0.2) is 60.7 Å². The van der Waals surface area contributed by atoms with Gasteiger partial charge in [-0.1, -0.05) is 44.2 Å². The number of anilines is 1. The Hall–Kier alpha value is -2.68. The number of hydrogen-bond donors (Lipinski definition) is 1. The molecule has 0 aliphatic heterocycles. The molecule has 2 atom stereocenters. The average Bonchev–Trinajstić information content (AvgIpc) is 2.71. The maximum absolute atomic E-state index is 5.91. The second kappa shape index (κ2) is 8.81. The van der Waals surface area contributed by atoms with Gasteiger partial charge in [-0.05, 0) is 59.9 Å². The molecule has 1 N–H and O–H groups in total. The van der Waals surface area contributed by atoms with Gasteiger partial charge in [0, 0.05) is 18.3 Å². The highest BCUT2D eigenvalue weighted by atomic mass is 16.5. The Labute approximate surface area is 162 Å². The van der Waals surface area contributed by atoms with Gasteiger partial charge in [-0.25, -0.2) is 0 Å². The van der Waals surface area contributed by atoms with E-state index < -0.39 is 0 Å². The molecule has 0 aliphatic carbocycles.